The number of amides is 2. The molecule has 33 heavy (non-hydrogen) atoms. The van der Waals surface area contributed by atoms with Crippen LogP contribution in [0.25, 0.3) is 0 Å². The summed E-state index contributed by atoms with van der Waals surface area (Å²) in [6.45, 7) is 0.506. The maximum absolute atomic E-state index is 13.4. The van der Waals surface area contributed by atoms with Crippen molar-refractivity contribution in [1.29, 1.82) is 0 Å². The van der Waals surface area contributed by atoms with Crippen molar-refractivity contribution in [2.45, 2.75) is 18.9 Å². The molecule has 0 radical (unpaired) electrons. The Morgan fingerprint density at radius 3 is 2.52 bits per heavy atom. The first-order valence-electron chi connectivity index (χ1n) is 10.3. The van der Waals surface area contributed by atoms with Gasteiger partial charge in [-0.1, -0.05) is 6.07 Å². The maximum atomic E-state index is 13.4. The molecule has 1 atom stereocenters. The Labute approximate surface area is 200 Å². The number of anilines is 2. The molecule has 1 fully saturated rings. The number of hydrogen-bond donors (Lipinski definition) is 1. The normalized spacial score (nSPS) is 15.8. The summed E-state index contributed by atoms with van der Waals surface area (Å²) in [4.78, 5) is 30.6. The SMILES string of the molecule is COc1ccc(N2C(=O)C(CC(=O)Nc3ccc(F)cc3)N(CCc3cccs3)C2=S)cc1. The predicted octanol–water partition coefficient (Wildman–Crippen LogP) is 4.47. The molecule has 0 bridgehead atoms. The van der Waals surface area contributed by atoms with Gasteiger partial charge in [0.1, 0.15) is 17.6 Å². The Morgan fingerprint density at radius 1 is 1.15 bits per heavy atom. The number of nitrogens with zero attached hydrogens (tertiary/aromatic N) is 2. The zero-order valence-corrected chi connectivity index (χ0v) is 19.5. The molecule has 2 heterocycles. The summed E-state index contributed by atoms with van der Waals surface area (Å²) >= 11 is 7.32. The summed E-state index contributed by atoms with van der Waals surface area (Å²) in [7, 11) is 1.57. The first kappa shape index (κ1) is 22.9. The second-order valence-corrected chi connectivity index (χ2v) is 8.85. The Kier molecular flexibility index (Phi) is 7.00. The van der Waals surface area contributed by atoms with Crippen LogP contribution in [-0.4, -0.2) is 41.5 Å². The lowest BCUT2D eigenvalue weighted by Crippen LogP contribution is -2.39. The van der Waals surface area contributed by atoms with Crippen LogP contribution in [0.4, 0.5) is 15.8 Å². The van der Waals surface area contributed by atoms with Gasteiger partial charge in [0.15, 0.2) is 5.11 Å². The number of carbonyl (C=O) groups excluding carboxylic acids is 2. The minimum Gasteiger partial charge on any atom is -0.497 e. The van der Waals surface area contributed by atoms with E-state index in [1.54, 1.807) is 42.7 Å². The number of thiocarbonyl (C=S) groups is 1. The fourth-order valence-corrected chi connectivity index (χ4v) is 4.77. The van der Waals surface area contributed by atoms with Crippen LogP contribution in [0.15, 0.2) is 66.0 Å². The Bertz CT molecular complexity index is 1130. The monoisotopic (exact) mass is 483 g/mol. The standard InChI is InChI=1S/C24H22FN3O3S2/c1-31-19-10-8-18(9-11-19)28-23(30)21(15-22(29)26-17-6-4-16(25)5-7-17)27(24(28)32)13-12-20-3-2-14-33-20/h2-11,14,21H,12-13,15H2,1H3,(H,26,29). The number of halogens is 1. The van der Waals surface area contributed by atoms with Crippen molar-refractivity contribution in [3.05, 3.63) is 76.7 Å². The van der Waals surface area contributed by atoms with Crippen molar-refractivity contribution < 1.29 is 18.7 Å². The molecule has 0 aliphatic carbocycles. The summed E-state index contributed by atoms with van der Waals surface area (Å²) in [6, 6.07) is 15.8. The van der Waals surface area contributed by atoms with Crippen LogP contribution >= 0.6 is 23.6 Å². The molecule has 6 nitrogen and oxygen atoms in total. The maximum Gasteiger partial charge on any atom is 0.256 e. The molecule has 2 aromatic carbocycles. The van der Waals surface area contributed by atoms with E-state index in [4.69, 9.17) is 17.0 Å². The molecule has 1 saturated heterocycles. The van der Waals surface area contributed by atoms with Crippen molar-refractivity contribution >= 4 is 51.9 Å². The largest absolute Gasteiger partial charge is 0.497 e. The number of benzene rings is 2. The van der Waals surface area contributed by atoms with E-state index < -0.39 is 6.04 Å². The van der Waals surface area contributed by atoms with Gasteiger partial charge in [-0.15, -0.1) is 11.3 Å². The summed E-state index contributed by atoms with van der Waals surface area (Å²) in [5.41, 5.74) is 1.08. The highest BCUT2D eigenvalue weighted by Gasteiger charge is 2.43. The zero-order valence-electron chi connectivity index (χ0n) is 17.9. The fraction of sp³-hybridized carbons (Fsp3) is 0.208. The van der Waals surface area contributed by atoms with E-state index in [1.165, 1.54) is 34.0 Å². The summed E-state index contributed by atoms with van der Waals surface area (Å²) in [6.07, 6.45) is 0.630. The molecule has 1 aliphatic heterocycles. The van der Waals surface area contributed by atoms with Gasteiger partial charge in [0.2, 0.25) is 5.91 Å². The number of thiophene rings is 1. The zero-order chi connectivity index (χ0) is 23.4. The van der Waals surface area contributed by atoms with Gasteiger partial charge >= 0.3 is 0 Å². The van der Waals surface area contributed by atoms with Crippen molar-refractivity contribution in [3.63, 3.8) is 0 Å². The van der Waals surface area contributed by atoms with Crippen molar-refractivity contribution in [2.75, 3.05) is 23.9 Å². The molecule has 170 valence electrons. The van der Waals surface area contributed by atoms with Crippen molar-refractivity contribution in [1.82, 2.24) is 4.90 Å². The number of nitrogens with one attached hydrogen (secondary N) is 1. The van der Waals surface area contributed by atoms with Gasteiger partial charge < -0.3 is 15.0 Å². The molecule has 1 unspecified atom stereocenters. The lowest BCUT2D eigenvalue weighted by Gasteiger charge is -2.23. The van der Waals surface area contributed by atoms with Gasteiger partial charge in [-0.05, 0) is 78.6 Å². The molecule has 4 rings (SSSR count). The van der Waals surface area contributed by atoms with E-state index in [2.05, 4.69) is 5.32 Å². The smallest absolute Gasteiger partial charge is 0.256 e. The predicted molar refractivity (Wildman–Crippen MR) is 131 cm³/mol. The van der Waals surface area contributed by atoms with Crippen LogP contribution in [-0.2, 0) is 16.0 Å². The molecular weight excluding hydrogens is 461 g/mol. The molecule has 3 aromatic rings. The minimum atomic E-state index is -0.736. The van der Waals surface area contributed by atoms with Crippen LogP contribution in [0.5, 0.6) is 5.75 Å². The number of carbonyl (C=O) groups is 2. The molecular formula is C24H22FN3O3S2. The number of hydrogen-bond acceptors (Lipinski definition) is 5. The van der Waals surface area contributed by atoms with E-state index in [1.807, 2.05) is 22.4 Å². The van der Waals surface area contributed by atoms with Gasteiger partial charge in [0.25, 0.3) is 5.91 Å². The lowest BCUT2D eigenvalue weighted by molar-refractivity contribution is -0.124. The summed E-state index contributed by atoms with van der Waals surface area (Å²) < 4.78 is 18.4. The second kappa shape index (κ2) is 10.1. The Morgan fingerprint density at radius 2 is 1.88 bits per heavy atom. The van der Waals surface area contributed by atoms with E-state index in [0.717, 1.165) is 0 Å². The molecule has 0 saturated carbocycles. The van der Waals surface area contributed by atoms with Gasteiger partial charge in [-0.3, -0.25) is 14.5 Å². The second-order valence-electron chi connectivity index (χ2n) is 7.45. The van der Waals surface area contributed by atoms with E-state index in [0.29, 0.717) is 35.2 Å². The molecule has 0 spiro atoms. The van der Waals surface area contributed by atoms with Gasteiger partial charge in [0, 0.05) is 17.1 Å². The highest BCUT2D eigenvalue weighted by atomic mass is 32.1. The highest BCUT2D eigenvalue weighted by Crippen LogP contribution is 2.29. The van der Waals surface area contributed by atoms with Crippen LogP contribution in [0.2, 0.25) is 0 Å². The first-order chi connectivity index (χ1) is 16.0. The summed E-state index contributed by atoms with van der Waals surface area (Å²) in [5, 5.41) is 5.09. The molecule has 9 heteroatoms. The molecule has 1 aromatic heterocycles. The van der Waals surface area contributed by atoms with Crippen molar-refractivity contribution in [2.24, 2.45) is 0 Å². The van der Waals surface area contributed by atoms with Crippen LogP contribution in [0.3, 0.4) is 0 Å². The molecule has 1 N–H and O–H groups in total. The number of ether oxygens (including phenoxy) is 1. The van der Waals surface area contributed by atoms with Gasteiger partial charge in [-0.25, -0.2) is 4.39 Å². The van der Waals surface area contributed by atoms with Gasteiger partial charge in [-0.2, -0.15) is 0 Å². The summed E-state index contributed by atoms with van der Waals surface area (Å²) in [5.74, 6) is -0.327. The Balaban J connectivity index is 1.54. The third-order valence-corrected chi connectivity index (χ3v) is 6.69. The van der Waals surface area contributed by atoms with Crippen LogP contribution < -0.4 is 15.0 Å². The minimum absolute atomic E-state index is 0.0759. The number of methoxy groups -OCH3 is 1. The highest BCUT2D eigenvalue weighted by molar-refractivity contribution is 7.80. The van der Waals surface area contributed by atoms with E-state index in [-0.39, 0.29) is 24.1 Å². The van der Waals surface area contributed by atoms with E-state index in [9.17, 15) is 14.0 Å². The average molecular weight is 484 g/mol. The molecule has 2 amide bonds. The molecule has 1 aliphatic rings. The quantitative estimate of drug-likeness (QED) is 0.479. The van der Waals surface area contributed by atoms with E-state index >= 15 is 0 Å². The average Bonchev–Trinajstić information content (AvgIpc) is 3.41. The third kappa shape index (κ3) is 5.20. The topological polar surface area (TPSA) is 61.9 Å². The third-order valence-electron chi connectivity index (χ3n) is 5.34. The van der Waals surface area contributed by atoms with Gasteiger partial charge in [0.05, 0.1) is 19.2 Å². The van der Waals surface area contributed by atoms with Crippen LogP contribution in [0.1, 0.15) is 11.3 Å². The number of rotatable bonds is 8. The van der Waals surface area contributed by atoms with Crippen LogP contribution in [0, 0.1) is 5.82 Å². The lowest BCUT2D eigenvalue weighted by atomic mass is 10.1. The first-order valence-corrected chi connectivity index (χ1v) is 11.6. The van der Waals surface area contributed by atoms with Crippen molar-refractivity contribution in [3.8, 4) is 5.75 Å². The fourth-order valence-electron chi connectivity index (χ4n) is 3.66. The Hall–Kier alpha value is -3.30.